The number of para-hydroxylation sites is 1. The predicted molar refractivity (Wildman–Crippen MR) is 87.3 cm³/mol. The zero-order valence-corrected chi connectivity index (χ0v) is 13.6. The van der Waals surface area contributed by atoms with E-state index in [1.165, 1.54) is 11.8 Å². The molecule has 22 heavy (non-hydrogen) atoms. The number of benzene rings is 1. The summed E-state index contributed by atoms with van der Waals surface area (Å²) in [7, 11) is 0. The molecule has 0 aliphatic heterocycles. The molecule has 0 saturated heterocycles. The van der Waals surface area contributed by atoms with Gasteiger partial charge in [0, 0.05) is 5.69 Å². The van der Waals surface area contributed by atoms with Crippen molar-refractivity contribution in [2.75, 3.05) is 11.1 Å². The smallest absolute Gasteiger partial charge is 0.325 e. The first-order valence-electron chi connectivity index (χ1n) is 6.95. The lowest BCUT2D eigenvalue weighted by atomic mass is 10.1. The van der Waals surface area contributed by atoms with Crippen LogP contribution in [0.2, 0.25) is 0 Å². The van der Waals surface area contributed by atoms with Gasteiger partial charge in [-0.3, -0.25) is 4.79 Å². The summed E-state index contributed by atoms with van der Waals surface area (Å²) in [6.45, 7) is 5.75. The van der Waals surface area contributed by atoms with Crippen LogP contribution in [0.25, 0.3) is 0 Å². The van der Waals surface area contributed by atoms with E-state index < -0.39 is 5.69 Å². The van der Waals surface area contributed by atoms with Crippen molar-refractivity contribution in [3.8, 4) is 0 Å². The summed E-state index contributed by atoms with van der Waals surface area (Å²) in [5.74, 6) is 0.0479. The van der Waals surface area contributed by atoms with Gasteiger partial charge in [-0.25, -0.2) is 9.89 Å². The van der Waals surface area contributed by atoms with E-state index in [2.05, 4.69) is 20.5 Å². The number of hydrogen-bond donors (Lipinski definition) is 2. The molecular weight excluding hydrogens is 300 g/mol. The molecule has 1 aromatic heterocycles. The number of aromatic amines is 1. The Morgan fingerprint density at radius 1 is 1.36 bits per heavy atom. The predicted octanol–water partition coefficient (Wildman–Crippen LogP) is 2.07. The van der Waals surface area contributed by atoms with Crippen molar-refractivity contribution in [3.63, 3.8) is 0 Å². The molecule has 7 heteroatoms. The Bertz CT molecular complexity index is 743. The maximum absolute atomic E-state index is 12.1. The van der Waals surface area contributed by atoms with Crippen LogP contribution >= 0.6 is 11.8 Å². The molecule has 0 bridgehead atoms. The summed E-state index contributed by atoms with van der Waals surface area (Å²) in [4.78, 5) is 27.1. The first-order chi connectivity index (χ1) is 10.5. The van der Waals surface area contributed by atoms with Crippen molar-refractivity contribution in [1.29, 1.82) is 0 Å². The van der Waals surface area contributed by atoms with E-state index in [9.17, 15) is 9.59 Å². The van der Waals surface area contributed by atoms with E-state index >= 15 is 0 Å². The van der Waals surface area contributed by atoms with E-state index in [1.807, 2.05) is 32.0 Å². The molecule has 0 spiro atoms. The largest absolute Gasteiger partial charge is 0.362 e. The monoisotopic (exact) mass is 318 g/mol. The highest BCUT2D eigenvalue weighted by atomic mass is 32.2. The van der Waals surface area contributed by atoms with Gasteiger partial charge in [0.15, 0.2) is 0 Å². The van der Waals surface area contributed by atoms with Gasteiger partial charge < -0.3 is 5.32 Å². The molecular formula is C15H18N4O2S. The molecule has 2 N–H and O–H groups in total. The molecule has 116 valence electrons. The van der Waals surface area contributed by atoms with Crippen LogP contribution in [0.4, 0.5) is 5.69 Å². The highest BCUT2D eigenvalue weighted by Crippen LogP contribution is 2.22. The third-order valence-electron chi connectivity index (χ3n) is 3.18. The maximum Gasteiger partial charge on any atom is 0.362 e. The normalized spacial score (nSPS) is 10.5. The lowest BCUT2D eigenvalue weighted by molar-refractivity contribution is -0.113. The number of carbonyl (C=O) groups is 1. The number of rotatable bonds is 5. The number of nitrogens with one attached hydrogen (secondary N) is 2. The quantitative estimate of drug-likeness (QED) is 0.824. The molecule has 0 aliphatic rings. The van der Waals surface area contributed by atoms with Crippen molar-refractivity contribution in [3.05, 3.63) is 45.5 Å². The molecule has 2 aromatic rings. The van der Waals surface area contributed by atoms with Crippen molar-refractivity contribution < 1.29 is 4.79 Å². The van der Waals surface area contributed by atoms with Gasteiger partial charge in [-0.05, 0) is 31.4 Å². The van der Waals surface area contributed by atoms with E-state index in [0.29, 0.717) is 10.7 Å². The highest BCUT2D eigenvalue weighted by molar-refractivity contribution is 8.00. The SMILES string of the molecule is CCc1cccc(C)c1NC(=O)CSc1nc(=O)[nH]nc1C. The lowest BCUT2D eigenvalue weighted by Gasteiger charge is -2.12. The number of H-pyrrole nitrogens is 1. The Morgan fingerprint density at radius 3 is 2.86 bits per heavy atom. The number of thioether (sulfide) groups is 1. The Hall–Kier alpha value is -2.15. The van der Waals surface area contributed by atoms with Gasteiger partial charge in [-0.15, -0.1) is 0 Å². The minimum Gasteiger partial charge on any atom is -0.325 e. The fraction of sp³-hybridized carbons (Fsp3) is 0.333. The second-order valence-electron chi connectivity index (χ2n) is 4.83. The molecule has 0 fully saturated rings. The minimum absolute atomic E-state index is 0.129. The second kappa shape index (κ2) is 7.22. The van der Waals surface area contributed by atoms with Crippen molar-refractivity contribution in [2.45, 2.75) is 32.2 Å². The third kappa shape index (κ3) is 3.94. The Morgan fingerprint density at radius 2 is 2.14 bits per heavy atom. The molecule has 0 saturated carbocycles. The summed E-state index contributed by atoms with van der Waals surface area (Å²) in [6.07, 6.45) is 0.850. The fourth-order valence-electron chi connectivity index (χ4n) is 2.03. The molecule has 0 radical (unpaired) electrons. The van der Waals surface area contributed by atoms with Crippen LogP contribution < -0.4 is 11.0 Å². The third-order valence-corrected chi connectivity index (χ3v) is 4.24. The first kappa shape index (κ1) is 16.2. The van der Waals surface area contributed by atoms with Gasteiger partial charge in [-0.1, -0.05) is 36.9 Å². The van der Waals surface area contributed by atoms with E-state index in [1.54, 1.807) is 6.92 Å². The van der Waals surface area contributed by atoms with E-state index in [4.69, 9.17) is 0 Å². The van der Waals surface area contributed by atoms with Crippen LogP contribution in [0, 0.1) is 13.8 Å². The zero-order valence-electron chi connectivity index (χ0n) is 12.8. The Kier molecular flexibility index (Phi) is 5.32. The van der Waals surface area contributed by atoms with Crippen LogP contribution in [0.5, 0.6) is 0 Å². The molecule has 1 aromatic carbocycles. The molecule has 2 rings (SSSR count). The second-order valence-corrected chi connectivity index (χ2v) is 5.79. The Balaban J connectivity index is 2.05. The standard InChI is InChI=1S/C15H18N4O2S/c1-4-11-7-5-6-9(2)13(11)16-12(20)8-22-14-10(3)18-19-15(21)17-14/h5-7H,4,8H2,1-3H3,(H,16,20)(H,17,19,21). The number of amides is 1. The summed E-state index contributed by atoms with van der Waals surface area (Å²) in [5, 5.41) is 9.50. The van der Waals surface area contributed by atoms with E-state index in [0.717, 1.165) is 23.2 Å². The van der Waals surface area contributed by atoms with Gasteiger partial charge in [-0.2, -0.15) is 10.1 Å². The van der Waals surface area contributed by atoms with Crippen LogP contribution in [0.15, 0.2) is 28.0 Å². The summed E-state index contributed by atoms with van der Waals surface area (Å²) < 4.78 is 0. The van der Waals surface area contributed by atoms with Gasteiger partial charge in [0.25, 0.3) is 0 Å². The van der Waals surface area contributed by atoms with Gasteiger partial charge in [0.05, 0.1) is 11.4 Å². The number of aromatic nitrogens is 3. The number of aryl methyl sites for hydroxylation is 3. The summed E-state index contributed by atoms with van der Waals surface area (Å²) in [5.41, 5.74) is 3.09. The molecule has 1 amide bonds. The fourth-order valence-corrected chi connectivity index (χ4v) is 2.77. The van der Waals surface area contributed by atoms with Crippen molar-refractivity contribution in [2.24, 2.45) is 0 Å². The first-order valence-corrected chi connectivity index (χ1v) is 7.94. The van der Waals surface area contributed by atoms with Crippen molar-refractivity contribution in [1.82, 2.24) is 15.2 Å². The number of hydrogen-bond acceptors (Lipinski definition) is 5. The maximum atomic E-state index is 12.1. The average molecular weight is 318 g/mol. The van der Waals surface area contributed by atoms with Crippen LogP contribution in [-0.2, 0) is 11.2 Å². The van der Waals surface area contributed by atoms with Crippen LogP contribution in [-0.4, -0.2) is 26.8 Å². The zero-order chi connectivity index (χ0) is 16.1. The minimum atomic E-state index is -0.513. The van der Waals surface area contributed by atoms with Crippen LogP contribution in [0.1, 0.15) is 23.7 Å². The van der Waals surface area contributed by atoms with Crippen LogP contribution in [0.3, 0.4) is 0 Å². The molecule has 0 unspecified atom stereocenters. The van der Waals surface area contributed by atoms with Gasteiger partial charge >= 0.3 is 5.69 Å². The number of nitrogens with zero attached hydrogens (tertiary/aromatic N) is 2. The highest BCUT2D eigenvalue weighted by Gasteiger charge is 2.11. The number of carbonyl (C=O) groups excluding carboxylic acids is 1. The number of anilines is 1. The Labute approximate surface area is 132 Å². The lowest BCUT2D eigenvalue weighted by Crippen LogP contribution is -2.18. The summed E-state index contributed by atoms with van der Waals surface area (Å²) >= 11 is 1.20. The van der Waals surface area contributed by atoms with E-state index in [-0.39, 0.29) is 11.7 Å². The molecule has 1 heterocycles. The van der Waals surface area contributed by atoms with Gasteiger partial charge in [0.2, 0.25) is 5.91 Å². The van der Waals surface area contributed by atoms with Crippen molar-refractivity contribution >= 4 is 23.4 Å². The topological polar surface area (TPSA) is 87.7 Å². The summed E-state index contributed by atoms with van der Waals surface area (Å²) in [6, 6.07) is 5.95. The average Bonchev–Trinajstić information content (AvgIpc) is 2.50. The molecule has 6 nitrogen and oxygen atoms in total. The molecule has 0 aliphatic carbocycles. The molecule has 0 atom stereocenters. The van der Waals surface area contributed by atoms with Gasteiger partial charge in [0.1, 0.15) is 5.03 Å².